The van der Waals surface area contributed by atoms with Crippen LogP contribution in [0.3, 0.4) is 0 Å². The second-order valence-corrected chi connectivity index (χ2v) is 14.4. The fourth-order valence-electron chi connectivity index (χ4n) is 6.59. The molecule has 1 aliphatic carbocycles. The van der Waals surface area contributed by atoms with E-state index in [0.29, 0.717) is 55.5 Å². The third-order valence-corrected chi connectivity index (χ3v) is 11.1. The average molecular weight is 797 g/mol. The minimum atomic E-state index is -0.580. The molecule has 2 aliphatic rings. The largest absolute Gasteiger partial charge is 0.494 e. The number of halogens is 2. The summed E-state index contributed by atoms with van der Waals surface area (Å²) in [4.78, 5) is 0. The van der Waals surface area contributed by atoms with E-state index in [4.69, 9.17) is 35.3 Å². The lowest BCUT2D eigenvalue weighted by molar-refractivity contribution is -0.240. The molecule has 0 aromatic heterocycles. The van der Waals surface area contributed by atoms with Crippen molar-refractivity contribution in [3.05, 3.63) is 130 Å². The van der Waals surface area contributed by atoms with Gasteiger partial charge in [0.2, 0.25) is 0 Å². The van der Waals surface area contributed by atoms with Crippen LogP contribution in [0.1, 0.15) is 54.2 Å². The fourth-order valence-corrected chi connectivity index (χ4v) is 7.89. The average Bonchev–Trinajstić information content (AvgIpc) is 3.91. The lowest BCUT2D eigenvalue weighted by Crippen LogP contribution is -2.53. The van der Waals surface area contributed by atoms with Crippen molar-refractivity contribution in [2.75, 3.05) is 24.2 Å². The van der Waals surface area contributed by atoms with E-state index >= 15 is 0 Å². The van der Waals surface area contributed by atoms with Crippen molar-refractivity contribution in [3.8, 4) is 11.5 Å². The van der Waals surface area contributed by atoms with Crippen molar-refractivity contribution in [3.63, 3.8) is 0 Å². The molecule has 1 saturated carbocycles. The predicted molar refractivity (Wildman–Crippen MR) is 202 cm³/mol. The molecule has 8 heteroatoms. The zero-order valence-electron chi connectivity index (χ0n) is 28.2. The van der Waals surface area contributed by atoms with Gasteiger partial charge < -0.3 is 28.8 Å². The second kappa shape index (κ2) is 17.5. The molecule has 1 N–H and O–H groups in total. The number of hydrogen-bond acceptors (Lipinski definition) is 6. The van der Waals surface area contributed by atoms with E-state index < -0.39 is 18.3 Å². The van der Waals surface area contributed by atoms with E-state index in [1.165, 1.54) is 6.42 Å². The molecule has 0 radical (unpaired) electrons. The van der Waals surface area contributed by atoms with Crippen molar-refractivity contribution in [1.29, 1.82) is 0 Å². The fraction of sp³-hybridized carbons (Fsp3) is 0.415. The van der Waals surface area contributed by atoms with Crippen LogP contribution in [0.2, 0.25) is 5.02 Å². The van der Waals surface area contributed by atoms with E-state index in [1.54, 1.807) is 0 Å². The molecule has 0 amide bonds. The second-order valence-electron chi connectivity index (χ2n) is 13.1. The van der Waals surface area contributed by atoms with Gasteiger partial charge in [-0.2, -0.15) is 0 Å². The van der Waals surface area contributed by atoms with E-state index in [-0.39, 0.29) is 18.6 Å². The van der Waals surface area contributed by atoms with E-state index in [1.807, 2.05) is 61.5 Å². The Morgan fingerprint density at radius 3 is 2.06 bits per heavy atom. The van der Waals surface area contributed by atoms with E-state index in [9.17, 15) is 5.11 Å². The highest BCUT2D eigenvalue weighted by Crippen LogP contribution is 2.45. The highest BCUT2D eigenvalue weighted by molar-refractivity contribution is 14.1. The quantitative estimate of drug-likeness (QED) is 0.0903. The minimum absolute atomic E-state index is 0.137. The first-order valence-corrected chi connectivity index (χ1v) is 19.2. The first-order chi connectivity index (χ1) is 24.0. The molecule has 4 aromatic carbocycles. The molecule has 1 saturated heterocycles. The van der Waals surface area contributed by atoms with Gasteiger partial charge in [0.15, 0.2) is 0 Å². The third-order valence-electron chi connectivity index (χ3n) is 9.63. The molecule has 6 rings (SSSR count). The summed E-state index contributed by atoms with van der Waals surface area (Å²) in [6.07, 6.45) is -0.120. The molecule has 49 heavy (non-hydrogen) atoms. The van der Waals surface area contributed by atoms with Gasteiger partial charge in [0.05, 0.1) is 45.2 Å². The predicted octanol–water partition coefficient (Wildman–Crippen LogP) is 9.02. The van der Waals surface area contributed by atoms with Crippen molar-refractivity contribution >= 4 is 34.2 Å². The molecule has 1 aliphatic heterocycles. The van der Waals surface area contributed by atoms with Crippen LogP contribution in [-0.2, 0) is 33.8 Å². The number of alkyl halides is 1. The molecule has 4 aromatic rings. The van der Waals surface area contributed by atoms with Crippen LogP contribution < -0.4 is 9.47 Å². The first-order valence-electron chi connectivity index (χ1n) is 17.3. The molecule has 2 fully saturated rings. The van der Waals surface area contributed by atoms with Gasteiger partial charge >= 0.3 is 0 Å². The Balaban J connectivity index is 1.37. The Kier molecular flexibility index (Phi) is 12.9. The Morgan fingerprint density at radius 1 is 0.816 bits per heavy atom. The summed E-state index contributed by atoms with van der Waals surface area (Å²) >= 11 is 9.48. The maximum Gasteiger partial charge on any atom is 0.126 e. The normalized spacial score (nSPS) is 24.8. The molecule has 7 atom stereocenters. The van der Waals surface area contributed by atoms with Gasteiger partial charge in [0.25, 0.3) is 0 Å². The highest BCUT2D eigenvalue weighted by Gasteiger charge is 2.47. The molecule has 0 spiro atoms. The van der Waals surface area contributed by atoms with Gasteiger partial charge in [-0.05, 0) is 78.1 Å². The van der Waals surface area contributed by atoms with Crippen LogP contribution in [-0.4, -0.2) is 47.7 Å². The van der Waals surface area contributed by atoms with Crippen molar-refractivity contribution < 1.29 is 28.8 Å². The van der Waals surface area contributed by atoms with Crippen LogP contribution in [0, 0.1) is 17.8 Å². The summed E-state index contributed by atoms with van der Waals surface area (Å²) in [5.74, 6) is 2.59. The van der Waals surface area contributed by atoms with Gasteiger partial charge in [-0.1, -0.05) is 114 Å². The van der Waals surface area contributed by atoms with Gasteiger partial charge in [-0.15, -0.1) is 0 Å². The van der Waals surface area contributed by atoms with Gasteiger partial charge in [-0.25, -0.2) is 0 Å². The summed E-state index contributed by atoms with van der Waals surface area (Å²) < 4.78 is 33.8. The van der Waals surface area contributed by atoms with Crippen LogP contribution in [0.25, 0.3) is 0 Å². The number of ether oxygens (including phenoxy) is 5. The number of rotatable bonds is 16. The number of aliphatic hydroxyl groups excluding tert-OH is 1. The summed E-state index contributed by atoms with van der Waals surface area (Å²) in [6.45, 7) is 5.94. The summed E-state index contributed by atoms with van der Waals surface area (Å²) in [7, 11) is 0. The first kappa shape index (κ1) is 36.1. The Morgan fingerprint density at radius 2 is 1.47 bits per heavy atom. The summed E-state index contributed by atoms with van der Waals surface area (Å²) in [5, 5.41) is 11.2. The number of aliphatic hydroxyl groups is 1. The van der Waals surface area contributed by atoms with Gasteiger partial charge in [0.1, 0.15) is 23.7 Å². The Labute approximate surface area is 309 Å². The van der Waals surface area contributed by atoms with Crippen LogP contribution >= 0.6 is 34.2 Å². The molecule has 0 bridgehead atoms. The molecule has 1 heterocycles. The maximum atomic E-state index is 10.6. The monoisotopic (exact) mass is 796 g/mol. The van der Waals surface area contributed by atoms with Crippen LogP contribution in [0.4, 0.5) is 0 Å². The maximum absolute atomic E-state index is 10.6. The smallest absolute Gasteiger partial charge is 0.126 e. The minimum Gasteiger partial charge on any atom is -0.494 e. The van der Waals surface area contributed by atoms with Crippen molar-refractivity contribution in [2.24, 2.45) is 17.8 Å². The Bertz CT molecular complexity index is 1600. The van der Waals surface area contributed by atoms with Crippen molar-refractivity contribution in [1.82, 2.24) is 0 Å². The lowest BCUT2D eigenvalue weighted by Gasteiger charge is -2.45. The SMILES string of the molecule is CCOc1ccc(Cc2cc([C@@H]3O[C@H](CO)[C@@H](C)[C@H](OCc4ccccc4)[C@H]3OCc3ccccc3)c(OC[C@@H]3C[C@@H]3CI)cc2Cl)cc1. The lowest BCUT2D eigenvalue weighted by atomic mass is 9.84. The molecule has 0 unspecified atom stereocenters. The highest BCUT2D eigenvalue weighted by atomic mass is 127. The zero-order valence-corrected chi connectivity index (χ0v) is 31.1. The number of hydrogen-bond donors (Lipinski definition) is 1. The topological polar surface area (TPSA) is 66.4 Å². The van der Waals surface area contributed by atoms with E-state index in [0.717, 1.165) is 38.0 Å². The number of benzene rings is 4. The van der Waals surface area contributed by atoms with Gasteiger partial charge in [0, 0.05) is 20.9 Å². The summed E-state index contributed by atoms with van der Waals surface area (Å²) in [5.41, 5.74) is 5.05. The molecule has 6 nitrogen and oxygen atoms in total. The third kappa shape index (κ3) is 9.37. The van der Waals surface area contributed by atoms with Crippen molar-refractivity contribution in [2.45, 2.75) is 64.3 Å². The molecular formula is C41H46ClIO6. The van der Waals surface area contributed by atoms with Crippen LogP contribution in [0.15, 0.2) is 97.1 Å². The van der Waals surface area contributed by atoms with Gasteiger partial charge in [-0.3, -0.25) is 0 Å². The van der Waals surface area contributed by atoms with E-state index in [2.05, 4.69) is 72.0 Å². The van der Waals surface area contributed by atoms with Crippen LogP contribution in [0.5, 0.6) is 11.5 Å². The molecule has 260 valence electrons. The molecular weight excluding hydrogens is 751 g/mol. The Hall–Kier alpha value is -2.66. The zero-order chi connectivity index (χ0) is 34.2. The summed E-state index contributed by atoms with van der Waals surface area (Å²) in [6, 6.07) is 32.5. The standard InChI is InChI=1S/C41H46ClIO6/c1-3-45-34-16-14-28(15-17-34)18-31-20-35(37(21-36(31)42)46-26-33-19-32(33)22-43)40-41(48-25-30-12-8-5-9-13-30)39(27(2)38(23-44)49-40)47-24-29-10-6-4-7-11-29/h4-17,20-21,27,32-33,38-41,44H,3,18-19,22-26H2,1-2H3/t27-,32-,33+,38-,39+,40+,41-/m1/s1.